The molecule has 17 heavy (non-hydrogen) atoms. The number of rotatable bonds is 2. The minimum atomic E-state index is -0.0954. The highest BCUT2D eigenvalue weighted by Gasteiger charge is 2.32. The van der Waals surface area contributed by atoms with E-state index in [-0.39, 0.29) is 28.5 Å². The molecule has 0 N–H and O–H groups in total. The van der Waals surface area contributed by atoms with Gasteiger partial charge in [0.15, 0.2) is 5.82 Å². The van der Waals surface area contributed by atoms with E-state index in [9.17, 15) is 4.79 Å². The molecule has 1 aromatic rings. The highest BCUT2D eigenvalue weighted by atomic mass is 35.5. The lowest BCUT2D eigenvalue weighted by atomic mass is 10.1. The predicted octanol–water partition coefficient (Wildman–Crippen LogP) is 1.59. The van der Waals surface area contributed by atoms with Crippen molar-refractivity contribution >= 4 is 34.9 Å². The van der Waals surface area contributed by atoms with Crippen LogP contribution in [0.15, 0.2) is 6.20 Å². The number of nitriles is 1. The molecule has 1 saturated heterocycles. The maximum Gasteiger partial charge on any atom is 0.228 e. The average Bonchev–Trinajstić information content (AvgIpc) is 2.70. The molecule has 2 rings (SSSR count). The van der Waals surface area contributed by atoms with E-state index in [1.807, 2.05) is 6.07 Å². The van der Waals surface area contributed by atoms with Gasteiger partial charge >= 0.3 is 0 Å². The van der Waals surface area contributed by atoms with Gasteiger partial charge in [0.05, 0.1) is 6.20 Å². The summed E-state index contributed by atoms with van der Waals surface area (Å²) in [6, 6.07) is 1.94. The number of carbonyl (C=O) groups excluding carboxylic acids is 1. The summed E-state index contributed by atoms with van der Waals surface area (Å²) in [5, 5.41) is 8.96. The Bertz CT molecular complexity index is 500. The van der Waals surface area contributed by atoms with Crippen LogP contribution in [-0.2, 0) is 4.79 Å². The summed E-state index contributed by atoms with van der Waals surface area (Å²) in [5.41, 5.74) is 0.234. The third-order valence-electron chi connectivity index (χ3n) is 2.54. The number of hydrogen-bond donors (Lipinski definition) is 0. The lowest BCUT2D eigenvalue weighted by Crippen LogP contribution is -2.26. The van der Waals surface area contributed by atoms with Crippen LogP contribution in [0.2, 0.25) is 5.28 Å². The maximum absolute atomic E-state index is 11.8. The Balaban J connectivity index is 2.37. The first kappa shape index (κ1) is 12.1. The van der Waals surface area contributed by atoms with Crippen LogP contribution in [-0.4, -0.2) is 28.3 Å². The van der Waals surface area contributed by atoms with Crippen LogP contribution in [0.4, 0.5) is 5.82 Å². The molecule has 1 fully saturated rings. The van der Waals surface area contributed by atoms with E-state index >= 15 is 0 Å². The molecule has 1 aromatic heterocycles. The van der Waals surface area contributed by atoms with E-state index in [0.29, 0.717) is 18.8 Å². The first-order valence-electron chi connectivity index (χ1n) is 4.94. The number of hydrogen-bond acceptors (Lipinski definition) is 4. The van der Waals surface area contributed by atoms with Crippen LogP contribution < -0.4 is 4.90 Å². The zero-order chi connectivity index (χ0) is 12.4. The number of anilines is 1. The van der Waals surface area contributed by atoms with Gasteiger partial charge in [-0.2, -0.15) is 10.2 Å². The highest BCUT2D eigenvalue weighted by molar-refractivity contribution is 6.28. The van der Waals surface area contributed by atoms with Crippen molar-refractivity contribution in [2.45, 2.75) is 6.42 Å². The van der Waals surface area contributed by atoms with Gasteiger partial charge in [0.1, 0.15) is 11.6 Å². The largest absolute Gasteiger partial charge is 0.295 e. The minimum Gasteiger partial charge on any atom is -0.295 e. The standard InChI is InChI=1S/C10H8Cl2N4O/c11-2-6-1-8(17)16(5-6)9-7(3-13)4-14-10(12)15-9/h4,6H,1-2,5H2. The molecule has 1 aliphatic heterocycles. The van der Waals surface area contributed by atoms with Crippen LogP contribution in [0.1, 0.15) is 12.0 Å². The Labute approximate surface area is 108 Å². The summed E-state index contributed by atoms with van der Waals surface area (Å²) in [7, 11) is 0. The summed E-state index contributed by atoms with van der Waals surface area (Å²) >= 11 is 11.4. The van der Waals surface area contributed by atoms with Gasteiger partial charge in [-0.25, -0.2) is 4.98 Å². The van der Waals surface area contributed by atoms with Gasteiger partial charge in [0.25, 0.3) is 0 Å². The zero-order valence-electron chi connectivity index (χ0n) is 8.73. The Morgan fingerprint density at radius 1 is 1.65 bits per heavy atom. The molecule has 0 aliphatic carbocycles. The molecular weight excluding hydrogens is 263 g/mol. The first-order valence-corrected chi connectivity index (χ1v) is 5.86. The lowest BCUT2D eigenvalue weighted by molar-refractivity contribution is -0.117. The van der Waals surface area contributed by atoms with Gasteiger partial charge in [0.2, 0.25) is 11.2 Å². The molecule has 0 aromatic carbocycles. The predicted molar refractivity (Wildman–Crippen MR) is 62.9 cm³/mol. The molecule has 1 amide bonds. The summed E-state index contributed by atoms with van der Waals surface area (Å²) in [5.74, 6) is 0.666. The molecule has 88 valence electrons. The van der Waals surface area contributed by atoms with Gasteiger partial charge < -0.3 is 0 Å². The molecular formula is C10H8Cl2N4O. The second-order valence-electron chi connectivity index (χ2n) is 3.72. The monoisotopic (exact) mass is 270 g/mol. The Hall–Kier alpha value is -1.38. The number of amides is 1. The van der Waals surface area contributed by atoms with Crippen molar-refractivity contribution in [2.75, 3.05) is 17.3 Å². The maximum atomic E-state index is 11.8. The first-order chi connectivity index (χ1) is 8.15. The lowest BCUT2D eigenvalue weighted by Gasteiger charge is -2.16. The van der Waals surface area contributed by atoms with Crippen molar-refractivity contribution in [1.82, 2.24) is 9.97 Å². The van der Waals surface area contributed by atoms with Crippen LogP contribution in [0, 0.1) is 17.2 Å². The smallest absolute Gasteiger partial charge is 0.228 e. The SMILES string of the molecule is N#Cc1cnc(Cl)nc1N1CC(CCl)CC1=O. The van der Waals surface area contributed by atoms with E-state index in [2.05, 4.69) is 9.97 Å². The Kier molecular flexibility index (Phi) is 3.46. The number of carbonyl (C=O) groups is 1. The van der Waals surface area contributed by atoms with Gasteiger partial charge in [-0.1, -0.05) is 0 Å². The molecule has 0 spiro atoms. The molecule has 1 atom stereocenters. The molecule has 0 radical (unpaired) electrons. The van der Waals surface area contributed by atoms with Gasteiger partial charge in [-0.15, -0.1) is 11.6 Å². The minimum absolute atomic E-state index is 0.0149. The van der Waals surface area contributed by atoms with Crippen molar-refractivity contribution < 1.29 is 4.79 Å². The molecule has 0 saturated carbocycles. The van der Waals surface area contributed by atoms with Crippen molar-refractivity contribution in [1.29, 1.82) is 5.26 Å². The number of alkyl halides is 1. The van der Waals surface area contributed by atoms with Crippen LogP contribution in [0.3, 0.4) is 0 Å². The van der Waals surface area contributed by atoms with Crippen molar-refractivity contribution in [3.05, 3.63) is 17.0 Å². The van der Waals surface area contributed by atoms with E-state index in [0.717, 1.165) is 0 Å². The summed E-state index contributed by atoms with van der Waals surface area (Å²) in [6.07, 6.45) is 1.68. The van der Waals surface area contributed by atoms with E-state index in [4.69, 9.17) is 28.5 Å². The van der Waals surface area contributed by atoms with Gasteiger partial charge in [0, 0.05) is 18.8 Å². The van der Waals surface area contributed by atoms with Crippen LogP contribution >= 0.6 is 23.2 Å². The molecule has 0 bridgehead atoms. The molecule has 1 unspecified atom stereocenters. The number of nitrogens with zero attached hydrogens (tertiary/aromatic N) is 4. The van der Waals surface area contributed by atoms with E-state index in [1.54, 1.807) is 0 Å². The highest BCUT2D eigenvalue weighted by Crippen LogP contribution is 2.27. The summed E-state index contributed by atoms with van der Waals surface area (Å²) < 4.78 is 0. The van der Waals surface area contributed by atoms with Crippen molar-refractivity contribution in [3.8, 4) is 6.07 Å². The van der Waals surface area contributed by atoms with E-state index in [1.165, 1.54) is 11.1 Å². The Morgan fingerprint density at radius 3 is 3.00 bits per heavy atom. The second kappa shape index (κ2) is 4.86. The van der Waals surface area contributed by atoms with Crippen molar-refractivity contribution in [3.63, 3.8) is 0 Å². The van der Waals surface area contributed by atoms with Gasteiger partial charge in [-0.05, 0) is 17.5 Å². The Morgan fingerprint density at radius 2 is 2.41 bits per heavy atom. The van der Waals surface area contributed by atoms with Crippen molar-refractivity contribution in [2.24, 2.45) is 5.92 Å². The fourth-order valence-corrected chi connectivity index (χ4v) is 2.06. The molecule has 2 heterocycles. The number of aromatic nitrogens is 2. The third-order valence-corrected chi connectivity index (χ3v) is 3.16. The average molecular weight is 271 g/mol. The van der Waals surface area contributed by atoms with Crippen LogP contribution in [0.25, 0.3) is 0 Å². The summed E-state index contributed by atoms with van der Waals surface area (Å²) in [4.78, 5) is 20.9. The summed E-state index contributed by atoms with van der Waals surface area (Å²) in [6.45, 7) is 0.463. The normalized spacial score (nSPS) is 19.5. The molecule has 5 nitrogen and oxygen atoms in total. The fraction of sp³-hybridized carbons (Fsp3) is 0.400. The van der Waals surface area contributed by atoms with Gasteiger partial charge in [-0.3, -0.25) is 9.69 Å². The topological polar surface area (TPSA) is 69.9 Å². The van der Waals surface area contributed by atoms with E-state index < -0.39 is 0 Å². The second-order valence-corrected chi connectivity index (χ2v) is 4.36. The third kappa shape index (κ3) is 2.33. The number of halogens is 2. The molecule has 1 aliphatic rings. The zero-order valence-corrected chi connectivity index (χ0v) is 10.2. The van der Waals surface area contributed by atoms with Crippen LogP contribution in [0.5, 0.6) is 0 Å². The fourth-order valence-electron chi connectivity index (χ4n) is 1.73. The molecule has 7 heteroatoms. The quantitative estimate of drug-likeness (QED) is 0.605.